The zero-order chi connectivity index (χ0) is 19.5. The van der Waals surface area contributed by atoms with Crippen molar-refractivity contribution < 1.29 is 8.42 Å². The third kappa shape index (κ3) is 4.64. The second kappa shape index (κ2) is 8.22. The maximum Gasteiger partial charge on any atom is 0.200 e. The largest absolute Gasteiger partial charge is 0.219 e. The lowest BCUT2D eigenvalue weighted by atomic mass is 9.89. The highest BCUT2D eigenvalue weighted by atomic mass is 32.2. The molecule has 0 aliphatic carbocycles. The Bertz CT molecular complexity index is 845. The van der Waals surface area contributed by atoms with Gasteiger partial charge in [-0.2, -0.15) is 0 Å². The molecule has 0 saturated heterocycles. The molecule has 0 atom stereocenters. The summed E-state index contributed by atoms with van der Waals surface area (Å²) in [5, 5.41) is 1.35. The SMILES string of the molecule is CC(C)c1cc(C(C)C)c(S(=O)(=O)/C=C\c2ccccc2)c(C(C)C)c1. The summed E-state index contributed by atoms with van der Waals surface area (Å²) in [4.78, 5) is 0.485. The first-order chi connectivity index (χ1) is 12.1. The van der Waals surface area contributed by atoms with Gasteiger partial charge in [0.15, 0.2) is 9.84 Å². The minimum Gasteiger partial charge on any atom is -0.219 e. The minimum absolute atomic E-state index is 0.140. The molecule has 2 aromatic carbocycles. The standard InChI is InChI=1S/C23H30O2S/c1-16(2)20-14-21(17(3)4)23(22(15-20)18(5)6)26(24,25)13-12-19-10-8-7-9-11-19/h7-18H,1-6H3/b13-12-. The van der Waals surface area contributed by atoms with E-state index in [1.54, 1.807) is 6.08 Å². The van der Waals surface area contributed by atoms with Gasteiger partial charge in [0, 0.05) is 5.41 Å². The van der Waals surface area contributed by atoms with Gasteiger partial charge in [-0.05, 0) is 46.1 Å². The molecule has 2 nitrogen and oxygen atoms in total. The number of rotatable bonds is 6. The van der Waals surface area contributed by atoms with Crippen LogP contribution in [0.2, 0.25) is 0 Å². The van der Waals surface area contributed by atoms with Crippen molar-refractivity contribution in [3.05, 3.63) is 70.1 Å². The molecule has 0 amide bonds. The first-order valence-corrected chi connectivity index (χ1v) is 10.8. The summed E-state index contributed by atoms with van der Waals surface area (Å²) in [7, 11) is -3.53. The van der Waals surface area contributed by atoms with Crippen LogP contribution in [0.5, 0.6) is 0 Å². The van der Waals surface area contributed by atoms with Gasteiger partial charge < -0.3 is 0 Å². The van der Waals surface area contributed by atoms with Gasteiger partial charge in [0.25, 0.3) is 0 Å². The maximum absolute atomic E-state index is 13.3. The number of hydrogen-bond donors (Lipinski definition) is 0. The van der Waals surface area contributed by atoms with E-state index < -0.39 is 9.84 Å². The fourth-order valence-electron chi connectivity index (χ4n) is 3.02. The van der Waals surface area contributed by atoms with Gasteiger partial charge >= 0.3 is 0 Å². The van der Waals surface area contributed by atoms with Crippen LogP contribution in [-0.4, -0.2) is 8.42 Å². The molecule has 26 heavy (non-hydrogen) atoms. The minimum atomic E-state index is -3.53. The Morgan fingerprint density at radius 1 is 0.769 bits per heavy atom. The maximum atomic E-state index is 13.3. The smallest absolute Gasteiger partial charge is 0.200 e. The predicted octanol–water partition coefficient (Wildman–Crippen LogP) is 6.50. The second-order valence-corrected chi connectivity index (χ2v) is 9.52. The quantitative estimate of drug-likeness (QED) is 0.581. The van der Waals surface area contributed by atoms with E-state index in [1.165, 1.54) is 11.0 Å². The summed E-state index contributed by atoms with van der Waals surface area (Å²) >= 11 is 0. The number of benzene rings is 2. The van der Waals surface area contributed by atoms with Gasteiger partial charge in [-0.3, -0.25) is 0 Å². The van der Waals surface area contributed by atoms with Crippen LogP contribution in [0.15, 0.2) is 52.8 Å². The monoisotopic (exact) mass is 370 g/mol. The number of hydrogen-bond acceptors (Lipinski definition) is 2. The van der Waals surface area contributed by atoms with E-state index in [0.29, 0.717) is 10.8 Å². The third-order valence-corrected chi connectivity index (χ3v) is 6.14. The van der Waals surface area contributed by atoms with Crippen molar-refractivity contribution in [2.75, 3.05) is 0 Å². The van der Waals surface area contributed by atoms with Gasteiger partial charge in [-0.15, -0.1) is 0 Å². The molecule has 0 fully saturated rings. The van der Waals surface area contributed by atoms with E-state index in [9.17, 15) is 8.42 Å². The third-order valence-electron chi connectivity index (χ3n) is 4.60. The van der Waals surface area contributed by atoms with Crippen molar-refractivity contribution >= 4 is 15.9 Å². The Morgan fingerprint density at radius 3 is 1.69 bits per heavy atom. The average Bonchev–Trinajstić information content (AvgIpc) is 2.59. The Morgan fingerprint density at radius 2 is 1.27 bits per heavy atom. The normalized spacial score (nSPS) is 12.7. The summed E-state index contributed by atoms with van der Waals surface area (Å²) < 4.78 is 26.5. The van der Waals surface area contributed by atoms with Gasteiger partial charge in [0.05, 0.1) is 4.90 Å². The summed E-state index contributed by atoms with van der Waals surface area (Å²) in [6.07, 6.45) is 1.68. The van der Waals surface area contributed by atoms with Crippen molar-refractivity contribution in [3.8, 4) is 0 Å². The van der Waals surface area contributed by atoms with Crippen molar-refractivity contribution in [3.63, 3.8) is 0 Å². The lowest BCUT2D eigenvalue weighted by molar-refractivity contribution is 0.599. The number of sulfone groups is 1. The Balaban J connectivity index is 2.67. The zero-order valence-corrected chi connectivity index (χ0v) is 17.5. The molecule has 0 bridgehead atoms. The molecule has 0 heterocycles. The molecule has 0 aromatic heterocycles. The van der Waals surface area contributed by atoms with Gasteiger partial charge in [0.2, 0.25) is 0 Å². The second-order valence-electron chi connectivity index (χ2n) is 7.75. The molecule has 0 aliphatic rings. The molecule has 0 N–H and O–H groups in total. The first kappa shape index (κ1) is 20.4. The van der Waals surface area contributed by atoms with Crippen molar-refractivity contribution in [1.29, 1.82) is 0 Å². The van der Waals surface area contributed by atoms with E-state index in [2.05, 4.69) is 53.7 Å². The van der Waals surface area contributed by atoms with Crippen LogP contribution >= 0.6 is 0 Å². The van der Waals surface area contributed by atoms with Crippen LogP contribution in [0, 0.1) is 0 Å². The molecule has 0 saturated carbocycles. The molecular formula is C23H30O2S. The van der Waals surface area contributed by atoms with E-state index >= 15 is 0 Å². The van der Waals surface area contributed by atoms with E-state index in [1.807, 2.05) is 30.3 Å². The molecule has 2 rings (SSSR count). The van der Waals surface area contributed by atoms with E-state index in [4.69, 9.17) is 0 Å². The summed E-state index contributed by atoms with van der Waals surface area (Å²) in [5.74, 6) is 0.642. The molecule has 140 valence electrons. The fourth-order valence-corrected chi connectivity index (χ4v) is 4.74. The molecule has 0 aliphatic heterocycles. The van der Waals surface area contributed by atoms with Gasteiger partial charge in [0.1, 0.15) is 0 Å². The summed E-state index contributed by atoms with van der Waals surface area (Å²) in [5.41, 5.74) is 3.91. The van der Waals surface area contributed by atoms with Gasteiger partial charge in [-0.25, -0.2) is 8.42 Å². The van der Waals surface area contributed by atoms with Crippen molar-refractivity contribution in [2.45, 2.75) is 64.2 Å². The topological polar surface area (TPSA) is 34.1 Å². The molecule has 0 unspecified atom stereocenters. The highest BCUT2D eigenvalue weighted by Crippen LogP contribution is 2.36. The summed E-state index contributed by atoms with van der Waals surface area (Å²) in [6, 6.07) is 13.7. The lowest BCUT2D eigenvalue weighted by Crippen LogP contribution is -2.10. The van der Waals surface area contributed by atoms with Crippen LogP contribution in [0.4, 0.5) is 0 Å². The van der Waals surface area contributed by atoms with Crippen LogP contribution in [0.1, 0.15) is 81.5 Å². The van der Waals surface area contributed by atoms with E-state index in [-0.39, 0.29) is 11.8 Å². The van der Waals surface area contributed by atoms with Crippen LogP contribution in [0.25, 0.3) is 6.08 Å². The molecule has 0 spiro atoms. The Labute approximate surface area is 158 Å². The van der Waals surface area contributed by atoms with Crippen LogP contribution in [-0.2, 0) is 9.84 Å². The Kier molecular flexibility index (Phi) is 6.46. The highest BCUT2D eigenvalue weighted by Gasteiger charge is 2.25. The van der Waals surface area contributed by atoms with Crippen LogP contribution < -0.4 is 0 Å². The average molecular weight is 371 g/mol. The predicted molar refractivity (Wildman–Crippen MR) is 111 cm³/mol. The van der Waals surface area contributed by atoms with Crippen LogP contribution in [0.3, 0.4) is 0 Å². The van der Waals surface area contributed by atoms with Crippen molar-refractivity contribution in [1.82, 2.24) is 0 Å². The fraction of sp³-hybridized carbons (Fsp3) is 0.391. The van der Waals surface area contributed by atoms with Crippen molar-refractivity contribution in [2.24, 2.45) is 0 Å². The Hall–Kier alpha value is -1.87. The zero-order valence-electron chi connectivity index (χ0n) is 16.7. The molecule has 2 aromatic rings. The lowest BCUT2D eigenvalue weighted by Gasteiger charge is -2.21. The molecule has 0 radical (unpaired) electrons. The first-order valence-electron chi connectivity index (χ1n) is 9.29. The molecule has 3 heteroatoms. The van der Waals surface area contributed by atoms with Gasteiger partial charge in [-0.1, -0.05) is 84.0 Å². The highest BCUT2D eigenvalue weighted by molar-refractivity contribution is 7.94. The summed E-state index contributed by atoms with van der Waals surface area (Å²) in [6.45, 7) is 12.5. The molecular weight excluding hydrogens is 340 g/mol. The van der Waals surface area contributed by atoms with E-state index in [0.717, 1.165) is 16.7 Å².